The number of benzene rings is 2. The molecule has 2 aromatic rings. The van der Waals surface area contributed by atoms with Gasteiger partial charge in [0.2, 0.25) is 0 Å². The van der Waals surface area contributed by atoms with Gasteiger partial charge in [-0.05, 0) is 42.8 Å². The lowest BCUT2D eigenvalue weighted by atomic mass is 10.1. The third-order valence-electron chi connectivity index (χ3n) is 4.00. The predicted octanol–water partition coefficient (Wildman–Crippen LogP) is 3.13. The van der Waals surface area contributed by atoms with E-state index in [1.807, 2.05) is 0 Å². The standard InChI is InChI=1S/C20H17F2NO2/c21-18-8-7-16(19(22)11-18)4-1-14-2-5-17(6-3-14)20(24)23-12-15-9-10-25-13-15/h2-3,5-8,11,15H,9-10,12-13H2,(H,23,24)/t15-/m1/s1. The fourth-order valence-corrected chi connectivity index (χ4v) is 2.52. The maximum absolute atomic E-state index is 13.5. The Hall–Kier alpha value is -2.71. The van der Waals surface area contributed by atoms with Crippen LogP contribution in [0.4, 0.5) is 8.78 Å². The van der Waals surface area contributed by atoms with Crippen molar-refractivity contribution in [2.75, 3.05) is 19.8 Å². The zero-order valence-corrected chi connectivity index (χ0v) is 13.5. The van der Waals surface area contributed by atoms with Crippen LogP contribution in [0.3, 0.4) is 0 Å². The third kappa shape index (κ3) is 4.65. The molecule has 0 saturated carbocycles. The quantitative estimate of drug-likeness (QED) is 0.871. The lowest BCUT2D eigenvalue weighted by molar-refractivity contribution is 0.0945. The van der Waals surface area contributed by atoms with Gasteiger partial charge in [-0.1, -0.05) is 11.8 Å². The number of carbonyl (C=O) groups excluding carboxylic acids is 1. The number of nitrogens with one attached hydrogen (secondary N) is 1. The number of ether oxygens (including phenoxy) is 1. The summed E-state index contributed by atoms with van der Waals surface area (Å²) in [6.07, 6.45) is 0.967. The van der Waals surface area contributed by atoms with Crippen LogP contribution in [0, 0.1) is 29.4 Å². The van der Waals surface area contributed by atoms with Gasteiger partial charge in [0, 0.05) is 36.3 Å². The van der Waals surface area contributed by atoms with Crippen molar-refractivity contribution in [2.24, 2.45) is 5.92 Å². The SMILES string of the molecule is O=C(NC[C@H]1CCOC1)c1ccc(C#Cc2ccc(F)cc2F)cc1. The summed E-state index contributed by atoms with van der Waals surface area (Å²) in [5.41, 5.74) is 1.31. The summed E-state index contributed by atoms with van der Waals surface area (Å²) in [6.45, 7) is 2.04. The lowest BCUT2D eigenvalue weighted by Gasteiger charge is -2.09. The highest BCUT2D eigenvalue weighted by Gasteiger charge is 2.16. The summed E-state index contributed by atoms with van der Waals surface area (Å²) in [5.74, 6) is 4.37. The van der Waals surface area contributed by atoms with Crippen molar-refractivity contribution in [1.82, 2.24) is 5.32 Å². The highest BCUT2D eigenvalue weighted by molar-refractivity contribution is 5.94. The van der Waals surface area contributed by atoms with E-state index < -0.39 is 11.6 Å². The number of amides is 1. The minimum absolute atomic E-state index is 0.127. The molecule has 0 aliphatic carbocycles. The van der Waals surface area contributed by atoms with Crippen LogP contribution in [0.1, 0.15) is 27.9 Å². The maximum Gasteiger partial charge on any atom is 0.251 e. The molecule has 1 atom stereocenters. The smallest absolute Gasteiger partial charge is 0.251 e. The molecule has 2 aromatic carbocycles. The van der Waals surface area contributed by atoms with Crippen molar-refractivity contribution in [1.29, 1.82) is 0 Å². The monoisotopic (exact) mass is 341 g/mol. The van der Waals surface area contributed by atoms with Crippen molar-refractivity contribution in [2.45, 2.75) is 6.42 Å². The summed E-state index contributed by atoms with van der Waals surface area (Å²) in [4.78, 5) is 12.1. The topological polar surface area (TPSA) is 38.3 Å². The average molecular weight is 341 g/mol. The van der Waals surface area contributed by atoms with Gasteiger partial charge >= 0.3 is 0 Å². The second-order valence-corrected chi connectivity index (χ2v) is 5.89. The van der Waals surface area contributed by atoms with Gasteiger partial charge in [0.25, 0.3) is 5.91 Å². The van der Waals surface area contributed by atoms with E-state index in [0.29, 0.717) is 30.2 Å². The first-order valence-electron chi connectivity index (χ1n) is 8.05. The number of halogens is 2. The van der Waals surface area contributed by atoms with Gasteiger partial charge in [-0.3, -0.25) is 4.79 Å². The molecule has 3 rings (SSSR count). The second-order valence-electron chi connectivity index (χ2n) is 5.89. The second kappa shape index (κ2) is 7.91. The summed E-state index contributed by atoms with van der Waals surface area (Å²) < 4.78 is 31.7. The van der Waals surface area contributed by atoms with E-state index in [2.05, 4.69) is 17.2 Å². The molecule has 1 N–H and O–H groups in total. The maximum atomic E-state index is 13.5. The lowest BCUT2D eigenvalue weighted by Crippen LogP contribution is -2.29. The first kappa shape index (κ1) is 17.1. The van der Waals surface area contributed by atoms with E-state index in [4.69, 9.17) is 4.74 Å². The van der Waals surface area contributed by atoms with E-state index in [0.717, 1.165) is 25.2 Å². The van der Waals surface area contributed by atoms with Crippen LogP contribution in [-0.4, -0.2) is 25.7 Å². The molecule has 5 heteroatoms. The molecule has 0 bridgehead atoms. The van der Waals surface area contributed by atoms with Crippen molar-refractivity contribution in [3.05, 3.63) is 70.8 Å². The van der Waals surface area contributed by atoms with E-state index in [1.54, 1.807) is 24.3 Å². The van der Waals surface area contributed by atoms with E-state index in [9.17, 15) is 13.6 Å². The summed E-state index contributed by atoms with van der Waals surface area (Å²) in [7, 11) is 0. The fourth-order valence-electron chi connectivity index (χ4n) is 2.52. The van der Waals surface area contributed by atoms with Crippen LogP contribution < -0.4 is 5.32 Å². The van der Waals surface area contributed by atoms with Gasteiger partial charge in [-0.25, -0.2) is 8.78 Å². The normalized spacial score (nSPS) is 16.2. The molecule has 1 saturated heterocycles. The summed E-state index contributed by atoms with van der Waals surface area (Å²) in [6, 6.07) is 10.00. The van der Waals surface area contributed by atoms with Crippen LogP contribution in [-0.2, 0) is 4.74 Å². The molecule has 0 spiro atoms. The predicted molar refractivity (Wildman–Crippen MR) is 90.0 cm³/mol. The van der Waals surface area contributed by atoms with Crippen LogP contribution in [0.2, 0.25) is 0 Å². The molecule has 1 aliphatic rings. The molecule has 1 heterocycles. The van der Waals surface area contributed by atoms with Gasteiger partial charge in [-0.15, -0.1) is 0 Å². The molecular weight excluding hydrogens is 324 g/mol. The van der Waals surface area contributed by atoms with Gasteiger partial charge in [0.1, 0.15) is 11.6 Å². The molecule has 1 aliphatic heterocycles. The van der Waals surface area contributed by atoms with E-state index >= 15 is 0 Å². The molecule has 1 amide bonds. The Morgan fingerprint density at radius 2 is 1.96 bits per heavy atom. The number of hydrogen-bond acceptors (Lipinski definition) is 2. The molecule has 0 unspecified atom stereocenters. The number of rotatable bonds is 3. The Morgan fingerprint density at radius 1 is 1.16 bits per heavy atom. The molecule has 0 radical (unpaired) electrons. The van der Waals surface area contributed by atoms with Crippen molar-refractivity contribution >= 4 is 5.91 Å². The molecule has 25 heavy (non-hydrogen) atoms. The Labute approximate surface area is 145 Å². The molecule has 128 valence electrons. The van der Waals surface area contributed by atoms with Gasteiger partial charge in [0.15, 0.2) is 0 Å². The Bertz CT molecular complexity index is 816. The van der Waals surface area contributed by atoms with Crippen LogP contribution in [0.5, 0.6) is 0 Å². The van der Waals surface area contributed by atoms with E-state index in [1.165, 1.54) is 6.07 Å². The third-order valence-corrected chi connectivity index (χ3v) is 4.00. The highest BCUT2D eigenvalue weighted by Crippen LogP contribution is 2.12. The summed E-state index contributed by atoms with van der Waals surface area (Å²) in [5, 5.41) is 2.89. The molecule has 0 aromatic heterocycles. The molecule has 1 fully saturated rings. The minimum Gasteiger partial charge on any atom is -0.381 e. The van der Waals surface area contributed by atoms with Gasteiger partial charge in [-0.2, -0.15) is 0 Å². The zero-order chi connectivity index (χ0) is 17.6. The first-order valence-corrected chi connectivity index (χ1v) is 8.05. The van der Waals surface area contributed by atoms with Gasteiger partial charge < -0.3 is 10.1 Å². The van der Waals surface area contributed by atoms with Crippen molar-refractivity contribution in [3.63, 3.8) is 0 Å². The Kier molecular flexibility index (Phi) is 5.42. The average Bonchev–Trinajstić information content (AvgIpc) is 3.13. The van der Waals surface area contributed by atoms with E-state index in [-0.39, 0.29) is 11.5 Å². The molecular formula is C20H17F2NO2. The summed E-state index contributed by atoms with van der Waals surface area (Å²) >= 11 is 0. The number of carbonyl (C=O) groups is 1. The minimum atomic E-state index is -0.695. The highest BCUT2D eigenvalue weighted by atomic mass is 19.1. The first-order chi connectivity index (χ1) is 12.1. The van der Waals surface area contributed by atoms with Crippen molar-refractivity contribution < 1.29 is 18.3 Å². The van der Waals surface area contributed by atoms with Gasteiger partial charge in [0.05, 0.1) is 12.2 Å². The van der Waals surface area contributed by atoms with Crippen molar-refractivity contribution in [3.8, 4) is 11.8 Å². The van der Waals surface area contributed by atoms with Crippen LogP contribution in [0.25, 0.3) is 0 Å². The largest absolute Gasteiger partial charge is 0.381 e. The Balaban J connectivity index is 1.62. The fraction of sp³-hybridized carbons (Fsp3) is 0.250. The van der Waals surface area contributed by atoms with Crippen LogP contribution in [0.15, 0.2) is 42.5 Å². The zero-order valence-electron chi connectivity index (χ0n) is 13.5. The molecule has 3 nitrogen and oxygen atoms in total. The Morgan fingerprint density at radius 3 is 2.64 bits per heavy atom. The number of hydrogen-bond donors (Lipinski definition) is 1. The van der Waals surface area contributed by atoms with Crippen LogP contribution >= 0.6 is 0 Å².